The molecule has 0 spiro atoms. The average Bonchev–Trinajstić information content (AvgIpc) is 2.93. The highest BCUT2D eigenvalue weighted by atomic mass is 16.5. The van der Waals surface area contributed by atoms with Crippen LogP contribution in [0.25, 0.3) is 0 Å². The predicted octanol–water partition coefficient (Wildman–Crippen LogP) is 3.27. The lowest BCUT2D eigenvalue weighted by Crippen LogP contribution is -2.40. The van der Waals surface area contributed by atoms with Gasteiger partial charge in [-0.25, -0.2) is 0 Å². The monoisotopic (exact) mass is 317 g/mol. The molecule has 1 aromatic rings. The normalized spacial score (nSPS) is 22.1. The van der Waals surface area contributed by atoms with E-state index in [-0.39, 0.29) is 29.1 Å². The van der Waals surface area contributed by atoms with E-state index in [4.69, 9.17) is 4.74 Å². The molecule has 0 amide bonds. The van der Waals surface area contributed by atoms with Gasteiger partial charge in [-0.2, -0.15) is 0 Å². The summed E-state index contributed by atoms with van der Waals surface area (Å²) < 4.78 is 5.28. The zero-order valence-electron chi connectivity index (χ0n) is 14.8. The molecule has 126 valence electrons. The topological polar surface area (TPSA) is 46.6 Å². The highest BCUT2D eigenvalue weighted by Crippen LogP contribution is 2.37. The lowest BCUT2D eigenvalue weighted by atomic mass is 9.88. The number of carbonyl (C=O) groups is 2. The Hall–Kier alpha value is -1.68. The number of likely N-dealkylation sites (tertiary alicyclic amines) is 1. The Kier molecular flexibility index (Phi) is 5.25. The fraction of sp³-hybridized carbons (Fsp3) is 0.579. The molecular formula is C19H27NO3. The summed E-state index contributed by atoms with van der Waals surface area (Å²) in [5.74, 6) is -0.118. The molecule has 0 radical (unpaired) electrons. The summed E-state index contributed by atoms with van der Waals surface area (Å²) in [5, 5.41) is 0. The third-order valence-corrected chi connectivity index (χ3v) is 4.60. The zero-order valence-corrected chi connectivity index (χ0v) is 14.8. The summed E-state index contributed by atoms with van der Waals surface area (Å²) in [6.45, 7) is 11.8. The van der Waals surface area contributed by atoms with Crippen LogP contribution in [0.1, 0.15) is 56.5 Å². The van der Waals surface area contributed by atoms with Crippen LogP contribution in [0.2, 0.25) is 0 Å². The van der Waals surface area contributed by atoms with E-state index >= 15 is 0 Å². The number of ether oxygens (including phenoxy) is 1. The fourth-order valence-corrected chi connectivity index (χ4v) is 3.14. The van der Waals surface area contributed by atoms with Crippen LogP contribution in [0.5, 0.6) is 0 Å². The molecule has 1 aliphatic heterocycles. The van der Waals surface area contributed by atoms with E-state index in [0.29, 0.717) is 18.7 Å². The zero-order chi connectivity index (χ0) is 17.2. The second-order valence-electron chi connectivity index (χ2n) is 7.22. The van der Waals surface area contributed by atoms with E-state index in [0.717, 1.165) is 12.1 Å². The lowest BCUT2D eigenvalue weighted by molar-refractivity contribution is -0.148. The minimum Gasteiger partial charge on any atom is -0.466 e. The van der Waals surface area contributed by atoms with Gasteiger partial charge in [0.2, 0.25) is 0 Å². The fourth-order valence-electron chi connectivity index (χ4n) is 3.14. The molecule has 4 nitrogen and oxygen atoms in total. The Balaban J connectivity index is 2.28. The molecule has 2 atom stereocenters. The maximum absolute atomic E-state index is 12.4. The standard InChI is InChI=1S/C19H27NO3/c1-6-23-18(22)17-12-20(19(3,4)5)11-16(17)15-9-7-14(8-10-15)13(2)21/h7-10,16-17H,6,11-12H2,1-5H3/t16-,17+/m0/s1. The van der Waals surface area contributed by atoms with Crippen LogP contribution in [-0.4, -0.2) is 41.9 Å². The number of benzene rings is 1. The Labute approximate surface area is 138 Å². The molecule has 1 aromatic carbocycles. The van der Waals surface area contributed by atoms with Crippen LogP contribution in [-0.2, 0) is 9.53 Å². The van der Waals surface area contributed by atoms with E-state index in [1.165, 1.54) is 0 Å². The quantitative estimate of drug-likeness (QED) is 0.631. The van der Waals surface area contributed by atoms with E-state index in [1.807, 2.05) is 31.2 Å². The van der Waals surface area contributed by atoms with Gasteiger partial charge in [0, 0.05) is 30.1 Å². The third kappa shape index (κ3) is 3.99. The van der Waals surface area contributed by atoms with Crippen molar-refractivity contribution in [1.29, 1.82) is 0 Å². The third-order valence-electron chi connectivity index (χ3n) is 4.60. The lowest BCUT2D eigenvalue weighted by Gasteiger charge is -2.31. The number of esters is 1. The van der Waals surface area contributed by atoms with Gasteiger partial charge in [-0.3, -0.25) is 14.5 Å². The molecule has 0 saturated carbocycles. The van der Waals surface area contributed by atoms with Crippen molar-refractivity contribution < 1.29 is 14.3 Å². The SMILES string of the molecule is CCOC(=O)[C@@H]1CN(C(C)(C)C)C[C@H]1c1ccc(C(C)=O)cc1. The van der Waals surface area contributed by atoms with Gasteiger partial charge in [0.25, 0.3) is 0 Å². The maximum atomic E-state index is 12.4. The summed E-state index contributed by atoms with van der Waals surface area (Å²) in [6.07, 6.45) is 0. The molecule has 0 aromatic heterocycles. The minimum atomic E-state index is -0.155. The van der Waals surface area contributed by atoms with Crippen LogP contribution >= 0.6 is 0 Å². The average molecular weight is 317 g/mol. The summed E-state index contributed by atoms with van der Waals surface area (Å²) in [6, 6.07) is 7.64. The Morgan fingerprint density at radius 2 is 1.78 bits per heavy atom. The van der Waals surface area contributed by atoms with Crippen LogP contribution in [0.15, 0.2) is 24.3 Å². The number of carbonyl (C=O) groups excluding carboxylic acids is 2. The van der Waals surface area contributed by atoms with Crippen molar-refractivity contribution in [1.82, 2.24) is 4.90 Å². The van der Waals surface area contributed by atoms with Crippen molar-refractivity contribution in [3.05, 3.63) is 35.4 Å². The molecule has 4 heteroatoms. The molecule has 0 aliphatic carbocycles. The second-order valence-corrected chi connectivity index (χ2v) is 7.22. The molecule has 1 fully saturated rings. The Morgan fingerprint density at radius 3 is 2.26 bits per heavy atom. The number of ketones is 1. The summed E-state index contributed by atoms with van der Waals surface area (Å²) in [5.41, 5.74) is 1.81. The van der Waals surface area contributed by atoms with Gasteiger partial charge in [-0.15, -0.1) is 0 Å². The van der Waals surface area contributed by atoms with Gasteiger partial charge in [-0.1, -0.05) is 24.3 Å². The van der Waals surface area contributed by atoms with E-state index in [1.54, 1.807) is 6.92 Å². The highest BCUT2D eigenvalue weighted by Gasteiger charge is 2.42. The van der Waals surface area contributed by atoms with Gasteiger partial charge in [0.15, 0.2) is 5.78 Å². The van der Waals surface area contributed by atoms with Crippen molar-refractivity contribution in [2.45, 2.75) is 46.1 Å². The Morgan fingerprint density at radius 1 is 1.17 bits per heavy atom. The first-order valence-electron chi connectivity index (χ1n) is 8.26. The summed E-state index contributed by atoms with van der Waals surface area (Å²) in [7, 11) is 0. The van der Waals surface area contributed by atoms with Crippen LogP contribution < -0.4 is 0 Å². The maximum Gasteiger partial charge on any atom is 0.310 e. The van der Waals surface area contributed by atoms with Gasteiger partial charge in [-0.05, 0) is 40.2 Å². The van der Waals surface area contributed by atoms with Crippen molar-refractivity contribution in [3.8, 4) is 0 Å². The molecular weight excluding hydrogens is 290 g/mol. The van der Waals surface area contributed by atoms with E-state index in [2.05, 4.69) is 25.7 Å². The molecule has 0 bridgehead atoms. The molecule has 23 heavy (non-hydrogen) atoms. The second kappa shape index (κ2) is 6.83. The number of hydrogen-bond donors (Lipinski definition) is 0. The first-order chi connectivity index (χ1) is 10.7. The smallest absolute Gasteiger partial charge is 0.310 e. The number of nitrogens with zero attached hydrogens (tertiary/aromatic N) is 1. The highest BCUT2D eigenvalue weighted by molar-refractivity contribution is 5.94. The number of rotatable bonds is 4. The Bertz CT molecular complexity index is 571. The minimum absolute atomic E-state index is 0.0127. The van der Waals surface area contributed by atoms with Gasteiger partial charge < -0.3 is 4.74 Å². The molecule has 0 N–H and O–H groups in total. The predicted molar refractivity (Wildman–Crippen MR) is 90.6 cm³/mol. The van der Waals surface area contributed by atoms with E-state index < -0.39 is 0 Å². The molecule has 1 heterocycles. The molecule has 1 saturated heterocycles. The molecule has 2 rings (SSSR count). The van der Waals surface area contributed by atoms with E-state index in [9.17, 15) is 9.59 Å². The largest absolute Gasteiger partial charge is 0.466 e. The van der Waals surface area contributed by atoms with Gasteiger partial charge in [0.05, 0.1) is 12.5 Å². The van der Waals surface area contributed by atoms with Crippen LogP contribution in [0.3, 0.4) is 0 Å². The summed E-state index contributed by atoms with van der Waals surface area (Å²) >= 11 is 0. The van der Waals surface area contributed by atoms with Crippen LogP contribution in [0.4, 0.5) is 0 Å². The van der Waals surface area contributed by atoms with Crippen molar-refractivity contribution in [2.24, 2.45) is 5.92 Å². The number of Topliss-reactive ketones (excluding diaryl/α,β-unsaturated/α-hetero) is 1. The first kappa shape index (κ1) is 17.7. The van der Waals surface area contributed by atoms with Gasteiger partial charge in [0.1, 0.15) is 0 Å². The molecule has 0 unspecified atom stereocenters. The summed E-state index contributed by atoms with van der Waals surface area (Å²) in [4.78, 5) is 26.1. The van der Waals surface area contributed by atoms with Gasteiger partial charge >= 0.3 is 5.97 Å². The van der Waals surface area contributed by atoms with Crippen molar-refractivity contribution >= 4 is 11.8 Å². The first-order valence-corrected chi connectivity index (χ1v) is 8.26. The molecule has 1 aliphatic rings. The number of hydrogen-bond acceptors (Lipinski definition) is 4. The van der Waals surface area contributed by atoms with Crippen molar-refractivity contribution in [2.75, 3.05) is 19.7 Å². The van der Waals surface area contributed by atoms with Crippen molar-refractivity contribution in [3.63, 3.8) is 0 Å². The van der Waals surface area contributed by atoms with Crippen LogP contribution in [0, 0.1) is 5.92 Å².